The van der Waals surface area contributed by atoms with Crippen LogP contribution in [0.1, 0.15) is 57.6 Å². The maximum atomic E-state index is 12.0. The van der Waals surface area contributed by atoms with E-state index in [0.29, 0.717) is 0 Å². The fourth-order valence-electron chi connectivity index (χ4n) is 3.30. The highest BCUT2D eigenvalue weighted by atomic mass is 32.2. The van der Waals surface area contributed by atoms with Crippen molar-refractivity contribution in [3.8, 4) is 0 Å². The summed E-state index contributed by atoms with van der Waals surface area (Å²) in [6.07, 6.45) is 6.30. The molecule has 0 radical (unpaired) electrons. The molecule has 0 spiro atoms. The zero-order valence-corrected chi connectivity index (χ0v) is 16.5. The van der Waals surface area contributed by atoms with Crippen LogP contribution in [0.15, 0.2) is 59.5 Å². The van der Waals surface area contributed by atoms with Gasteiger partial charge in [-0.25, -0.2) is 0 Å². The zero-order valence-electron chi connectivity index (χ0n) is 15.7. The van der Waals surface area contributed by atoms with Crippen molar-refractivity contribution in [1.29, 1.82) is 0 Å². The van der Waals surface area contributed by atoms with Crippen LogP contribution in [-0.2, 0) is 11.2 Å². The van der Waals surface area contributed by atoms with Crippen LogP contribution in [0.5, 0.6) is 0 Å². The first-order chi connectivity index (χ1) is 12.1. The van der Waals surface area contributed by atoms with E-state index in [2.05, 4.69) is 75.4 Å². The number of hydrogen-bond donors (Lipinski definition) is 0. The lowest BCUT2D eigenvalue weighted by atomic mass is 9.79. The van der Waals surface area contributed by atoms with Gasteiger partial charge in [-0.15, -0.1) is 11.8 Å². The van der Waals surface area contributed by atoms with Crippen molar-refractivity contribution in [3.63, 3.8) is 0 Å². The van der Waals surface area contributed by atoms with Crippen LogP contribution in [-0.4, -0.2) is 11.5 Å². The fraction of sp³-hybridized carbons (Fsp3) is 0.435. The van der Waals surface area contributed by atoms with Crippen molar-refractivity contribution in [2.45, 2.75) is 63.0 Å². The average Bonchev–Trinajstić information content (AvgIpc) is 2.65. The summed E-state index contributed by atoms with van der Waals surface area (Å²) in [5.41, 5.74) is 2.45. The molecule has 0 bridgehead atoms. The first-order valence-corrected chi connectivity index (χ1v) is 10.3. The molecule has 2 atom stereocenters. The van der Waals surface area contributed by atoms with Gasteiger partial charge in [0.05, 0.1) is 0 Å². The van der Waals surface area contributed by atoms with E-state index < -0.39 is 0 Å². The highest BCUT2D eigenvalue weighted by molar-refractivity contribution is 8.00. The summed E-state index contributed by atoms with van der Waals surface area (Å²) in [6, 6.07) is 19.2. The van der Waals surface area contributed by atoms with Gasteiger partial charge in [-0.2, -0.15) is 0 Å². The number of unbranched alkanes of at least 4 members (excludes halogenated alkanes) is 1. The van der Waals surface area contributed by atoms with Crippen LogP contribution in [0.3, 0.4) is 0 Å². The van der Waals surface area contributed by atoms with Crippen molar-refractivity contribution >= 4 is 18.0 Å². The van der Waals surface area contributed by atoms with E-state index in [1.807, 2.05) is 11.8 Å². The van der Waals surface area contributed by atoms with E-state index in [1.54, 1.807) is 0 Å². The number of benzene rings is 2. The maximum absolute atomic E-state index is 12.0. The minimum absolute atomic E-state index is 0.222. The van der Waals surface area contributed by atoms with Crippen molar-refractivity contribution in [2.75, 3.05) is 0 Å². The molecule has 134 valence electrons. The second kappa shape index (κ2) is 9.82. The number of carbonyl (C=O) groups excluding carboxylic acids is 1. The molecular weight excluding hydrogens is 324 g/mol. The van der Waals surface area contributed by atoms with E-state index >= 15 is 0 Å². The third-order valence-electron chi connectivity index (χ3n) is 5.21. The van der Waals surface area contributed by atoms with E-state index in [9.17, 15) is 4.79 Å². The van der Waals surface area contributed by atoms with Gasteiger partial charge in [0.25, 0.3) is 0 Å². The molecule has 0 N–H and O–H groups in total. The van der Waals surface area contributed by atoms with Crippen LogP contribution in [0.25, 0.3) is 0 Å². The summed E-state index contributed by atoms with van der Waals surface area (Å²) in [4.78, 5) is 13.3. The van der Waals surface area contributed by atoms with Gasteiger partial charge in [-0.1, -0.05) is 82.1 Å². The second-order valence-electron chi connectivity index (χ2n) is 6.84. The molecule has 0 aromatic heterocycles. The van der Waals surface area contributed by atoms with E-state index in [4.69, 9.17) is 0 Å². The van der Waals surface area contributed by atoms with Crippen LogP contribution in [0.2, 0.25) is 0 Å². The number of hydrogen-bond acceptors (Lipinski definition) is 2. The first kappa shape index (κ1) is 19.8. The summed E-state index contributed by atoms with van der Waals surface area (Å²) < 4.78 is 0. The van der Waals surface area contributed by atoms with Gasteiger partial charge in [0.1, 0.15) is 6.29 Å². The quantitative estimate of drug-likeness (QED) is 0.356. The molecule has 1 nitrogen and oxygen atoms in total. The zero-order chi connectivity index (χ0) is 18.1. The third kappa shape index (κ3) is 5.22. The van der Waals surface area contributed by atoms with Gasteiger partial charge < -0.3 is 4.79 Å². The lowest BCUT2D eigenvalue weighted by Crippen LogP contribution is -2.32. The van der Waals surface area contributed by atoms with Gasteiger partial charge >= 0.3 is 0 Å². The van der Waals surface area contributed by atoms with Crippen LogP contribution in [0, 0.1) is 5.41 Å². The highest BCUT2D eigenvalue weighted by Crippen LogP contribution is 2.41. The van der Waals surface area contributed by atoms with Gasteiger partial charge in [0, 0.05) is 15.6 Å². The molecule has 0 amide bonds. The molecule has 0 aliphatic heterocycles. The Morgan fingerprint density at radius 3 is 2.36 bits per heavy atom. The molecule has 0 saturated carbocycles. The Balaban J connectivity index is 2.19. The molecular formula is C23H30OS. The van der Waals surface area contributed by atoms with Gasteiger partial charge in [-0.05, 0) is 36.5 Å². The van der Waals surface area contributed by atoms with Crippen LogP contribution >= 0.6 is 11.8 Å². The Bertz CT molecular complexity index is 652. The number of aldehydes is 1. The van der Waals surface area contributed by atoms with Crippen LogP contribution < -0.4 is 0 Å². The number of thioether (sulfide) groups is 1. The van der Waals surface area contributed by atoms with Crippen molar-refractivity contribution in [1.82, 2.24) is 0 Å². The van der Waals surface area contributed by atoms with E-state index in [1.165, 1.54) is 22.3 Å². The molecule has 25 heavy (non-hydrogen) atoms. The molecule has 0 heterocycles. The van der Waals surface area contributed by atoms with Crippen LogP contribution in [0.4, 0.5) is 0 Å². The van der Waals surface area contributed by atoms with E-state index in [-0.39, 0.29) is 10.7 Å². The standard InChI is InChI=1S/C23H30OS/c1-4-6-16-23(5-2,18-24)19(3)25-22-15-11-10-14-21(22)17-20-12-8-7-9-13-20/h7-15,18-19H,4-6,16-17H2,1-3H3. The largest absolute Gasteiger partial charge is 0.303 e. The van der Waals surface area contributed by atoms with Gasteiger partial charge in [0.2, 0.25) is 0 Å². The molecule has 0 aliphatic rings. The summed E-state index contributed by atoms with van der Waals surface area (Å²) in [5, 5.41) is 0.276. The molecule has 2 aromatic rings. The molecule has 2 aromatic carbocycles. The summed E-state index contributed by atoms with van der Waals surface area (Å²) in [5.74, 6) is 0. The minimum Gasteiger partial charge on any atom is -0.303 e. The second-order valence-corrected chi connectivity index (χ2v) is 8.22. The number of rotatable bonds is 10. The summed E-state index contributed by atoms with van der Waals surface area (Å²) >= 11 is 1.86. The Kier molecular flexibility index (Phi) is 7.77. The highest BCUT2D eigenvalue weighted by Gasteiger charge is 2.34. The monoisotopic (exact) mass is 354 g/mol. The Hall–Kier alpha value is -1.54. The predicted molar refractivity (Wildman–Crippen MR) is 109 cm³/mol. The topological polar surface area (TPSA) is 17.1 Å². The van der Waals surface area contributed by atoms with E-state index in [0.717, 1.165) is 32.1 Å². The molecule has 0 fully saturated rings. The van der Waals surface area contributed by atoms with Gasteiger partial charge in [0.15, 0.2) is 0 Å². The molecule has 2 rings (SSSR count). The minimum atomic E-state index is -0.222. The van der Waals surface area contributed by atoms with Crippen molar-refractivity contribution in [3.05, 3.63) is 65.7 Å². The maximum Gasteiger partial charge on any atom is 0.127 e. The lowest BCUT2D eigenvalue weighted by molar-refractivity contribution is -0.116. The Morgan fingerprint density at radius 2 is 1.72 bits per heavy atom. The summed E-state index contributed by atoms with van der Waals surface area (Å²) in [7, 11) is 0. The number of carbonyl (C=O) groups is 1. The SMILES string of the molecule is CCCCC(C=O)(CC)C(C)Sc1ccccc1Cc1ccccc1. The van der Waals surface area contributed by atoms with Crippen molar-refractivity contribution < 1.29 is 4.79 Å². The van der Waals surface area contributed by atoms with Gasteiger partial charge in [-0.3, -0.25) is 0 Å². The summed E-state index contributed by atoms with van der Waals surface area (Å²) in [6.45, 7) is 6.56. The Morgan fingerprint density at radius 1 is 1.04 bits per heavy atom. The molecule has 0 aliphatic carbocycles. The molecule has 2 heteroatoms. The predicted octanol–water partition coefficient (Wildman–Crippen LogP) is 6.54. The van der Waals surface area contributed by atoms with Crippen molar-refractivity contribution in [2.24, 2.45) is 5.41 Å². The average molecular weight is 355 g/mol. The first-order valence-electron chi connectivity index (χ1n) is 9.40. The molecule has 2 unspecified atom stereocenters. The fourth-order valence-corrected chi connectivity index (χ4v) is 4.70. The smallest absolute Gasteiger partial charge is 0.127 e. The lowest BCUT2D eigenvalue weighted by Gasteiger charge is -2.33. The Labute approximate surface area is 157 Å². The molecule has 0 saturated heterocycles. The third-order valence-corrected chi connectivity index (χ3v) is 6.69. The normalized spacial score (nSPS) is 14.7.